The van der Waals surface area contributed by atoms with E-state index in [4.69, 9.17) is 4.42 Å². The monoisotopic (exact) mass is 307 g/mol. The summed E-state index contributed by atoms with van der Waals surface area (Å²) in [7, 11) is 0. The molecule has 1 aromatic heterocycles. The molecule has 0 aliphatic carbocycles. The van der Waals surface area contributed by atoms with Crippen molar-refractivity contribution >= 4 is 26.9 Å². The average molecular weight is 308 g/mol. The van der Waals surface area contributed by atoms with Crippen LogP contribution in [0.2, 0.25) is 0 Å². The van der Waals surface area contributed by atoms with Crippen molar-refractivity contribution in [3.05, 3.63) is 44.7 Å². The first-order valence-electron chi connectivity index (χ1n) is 6.18. The second-order valence-electron chi connectivity index (χ2n) is 4.69. The third kappa shape index (κ3) is 2.22. The lowest BCUT2D eigenvalue weighted by molar-refractivity contribution is 0.458. The first-order valence-corrected chi connectivity index (χ1v) is 6.97. The van der Waals surface area contributed by atoms with Gasteiger partial charge in [-0.1, -0.05) is 15.9 Å². The molecule has 1 aliphatic rings. The van der Waals surface area contributed by atoms with E-state index in [1.807, 2.05) is 18.2 Å². The van der Waals surface area contributed by atoms with Gasteiger partial charge in [0.05, 0.1) is 0 Å². The lowest BCUT2D eigenvalue weighted by Crippen LogP contribution is -2.27. The Morgan fingerprint density at radius 3 is 2.78 bits per heavy atom. The van der Waals surface area contributed by atoms with Crippen LogP contribution in [0, 0.1) is 0 Å². The fraction of sp³-hybridized carbons (Fsp3) is 0.357. The Balaban J connectivity index is 2.17. The number of halogens is 1. The summed E-state index contributed by atoms with van der Waals surface area (Å²) in [5.41, 5.74) is 1.55. The molecule has 0 amide bonds. The zero-order valence-electron chi connectivity index (χ0n) is 9.91. The van der Waals surface area contributed by atoms with Gasteiger partial charge in [-0.2, -0.15) is 0 Å². The molecule has 1 saturated heterocycles. The molecule has 2 aromatic rings. The Morgan fingerprint density at radius 1 is 1.22 bits per heavy atom. The maximum Gasteiger partial charge on any atom is 0.336 e. The molecule has 3 nitrogen and oxygen atoms in total. The molecule has 0 radical (unpaired) electrons. The van der Waals surface area contributed by atoms with Crippen LogP contribution in [0.25, 0.3) is 11.0 Å². The van der Waals surface area contributed by atoms with Crippen LogP contribution in [0.15, 0.2) is 37.9 Å². The van der Waals surface area contributed by atoms with Crippen LogP contribution >= 0.6 is 15.9 Å². The lowest BCUT2D eigenvalue weighted by atomic mass is 9.88. The van der Waals surface area contributed by atoms with Crippen LogP contribution in [0.1, 0.15) is 24.3 Å². The minimum atomic E-state index is -0.255. The Kier molecular flexibility index (Phi) is 3.22. The summed E-state index contributed by atoms with van der Waals surface area (Å²) < 4.78 is 6.20. The summed E-state index contributed by atoms with van der Waals surface area (Å²) >= 11 is 3.41. The van der Waals surface area contributed by atoms with Crippen LogP contribution < -0.4 is 10.9 Å². The van der Waals surface area contributed by atoms with Crippen LogP contribution in [0.3, 0.4) is 0 Å². The maximum absolute atomic E-state index is 11.7. The van der Waals surface area contributed by atoms with Gasteiger partial charge in [-0.25, -0.2) is 4.79 Å². The topological polar surface area (TPSA) is 42.2 Å². The summed E-state index contributed by atoms with van der Waals surface area (Å²) in [4.78, 5) is 11.7. The molecule has 1 fully saturated rings. The molecule has 0 saturated carbocycles. The highest BCUT2D eigenvalue weighted by Crippen LogP contribution is 2.31. The van der Waals surface area contributed by atoms with Gasteiger partial charge in [0.15, 0.2) is 0 Å². The number of benzene rings is 1. The van der Waals surface area contributed by atoms with E-state index >= 15 is 0 Å². The second-order valence-corrected chi connectivity index (χ2v) is 5.60. The summed E-state index contributed by atoms with van der Waals surface area (Å²) in [5, 5.41) is 4.41. The average Bonchev–Trinajstić information content (AvgIpc) is 2.38. The molecule has 0 atom stereocenters. The largest absolute Gasteiger partial charge is 0.423 e. The van der Waals surface area contributed by atoms with E-state index in [-0.39, 0.29) is 5.63 Å². The van der Waals surface area contributed by atoms with E-state index in [0.29, 0.717) is 11.5 Å². The van der Waals surface area contributed by atoms with Gasteiger partial charge in [-0.05, 0) is 55.6 Å². The maximum atomic E-state index is 11.7. The van der Waals surface area contributed by atoms with Crippen molar-refractivity contribution in [2.24, 2.45) is 0 Å². The number of fused-ring (bicyclic) bond motifs is 1. The molecule has 0 spiro atoms. The van der Waals surface area contributed by atoms with Crippen molar-refractivity contribution in [3.8, 4) is 0 Å². The predicted molar refractivity (Wildman–Crippen MR) is 75.0 cm³/mol. The Bertz CT molecular complexity index is 629. The third-order valence-electron chi connectivity index (χ3n) is 3.52. The van der Waals surface area contributed by atoms with E-state index in [1.165, 1.54) is 0 Å². The van der Waals surface area contributed by atoms with Gasteiger partial charge in [0.2, 0.25) is 0 Å². The molecule has 18 heavy (non-hydrogen) atoms. The summed E-state index contributed by atoms with van der Waals surface area (Å²) in [6.45, 7) is 2.03. The van der Waals surface area contributed by atoms with E-state index in [0.717, 1.165) is 41.4 Å². The summed E-state index contributed by atoms with van der Waals surface area (Å²) in [6.07, 6.45) is 2.16. The fourth-order valence-electron chi connectivity index (χ4n) is 2.63. The zero-order valence-corrected chi connectivity index (χ0v) is 11.5. The minimum absolute atomic E-state index is 0.255. The molecule has 2 heterocycles. The number of nitrogens with one attached hydrogen (secondary N) is 1. The molecule has 4 heteroatoms. The highest BCUT2D eigenvalue weighted by atomic mass is 79.9. The molecular weight excluding hydrogens is 294 g/mol. The molecule has 1 aliphatic heterocycles. The van der Waals surface area contributed by atoms with Crippen molar-refractivity contribution in [1.82, 2.24) is 5.32 Å². The minimum Gasteiger partial charge on any atom is -0.423 e. The van der Waals surface area contributed by atoms with Crippen LogP contribution in [0.5, 0.6) is 0 Å². The highest BCUT2D eigenvalue weighted by Gasteiger charge is 2.19. The van der Waals surface area contributed by atoms with Gasteiger partial charge in [-0.3, -0.25) is 0 Å². The van der Waals surface area contributed by atoms with Gasteiger partial charge in [0, 0.05) is 15.9 Å². The van der Waals surface area contributed by atoms with Gasteiger partial charge >= 0.3 is 5.63 Å². The van der Waals surface area contributed by atoms with Gasteiger partial charge < -0.3 is 9.73 Å². The summed E-state index contributed by atoms with van der Waals surface area (Å²) in [6, 6.07) is 7.54. The number of hydrogen-bond donors (Lipinski definition) is 1. The molecule has 0 unspecified atom stereocenters. The number of piperidine rings is 1. The Hall–Kier alpha value is -1.13. The third-order valence-corrected chi connectivity index (χ3v) is 4.01. The highest BCUT2D eigenvalue weighted by molar-refractivity contribution is 9.10. The Labute approximate surface area is 113 Å². The normalized spacial score (nSPS) is 17.2. The van der Waals surface area contributed by atoms with Crippen molar-refractivity contribution in [1.29, 1.82) is 0 Å². The van der Waals surface area contributed by atoms with E-state index in [9.17, 15) is 4.79 Å². The van der Waals surface area contributed by atoms with Crippen molar-refractivity contribution in [3.63, 3.8) is 0 Å². The first kappa shape index (κ1) is 11.9. The lowest BCUT2D eigenvalue weighted by Gasteiger charge is -2.23. The van der Waals surface area contributed by atoms with Crippen molar-refractivity contribution in [2.45, 2.75) is 18.8 Å². The first-order chi connectivity index (χ1) is 8.74. The van der Waals surface area contributed by atoms with Crippen molar-refractivity contribution < 1.29 is 4.42 Å². The quantitative estimate of drug-likeness (QED) is 0.824. The van der Waals surface area contributed by atoms with E-state index < -0.39 is 0 Å². The summed E-state index contributed by atoms with van der Waals surface area (Å²) in [5.74, 6) is 0.457. The van der Waals surface area contributed by atoms with Gasteiger partial charge in [-0.15, -0.1) is 0 Å². The molecular formula is C14H14BrNO2. The van der Waals surface area contributed by atoms with Gasteiger partial charge in [0.1, 0.15) is 5.58 Å². The molecule has 1 N–H and O–H groups in total. The molecule has 1 aromatic carbocycles. The fourth-order valence-corrected chi connectivity index (χ4v) is 2.97. The SMILES string of the molecule is O=c1cc(C2CCNCC2)c2ccc(Br)cc2o1. The predicted octanol–water partition coefficient (Wildman–Crippen LogP) is 3.02. The molecule has 94 valence electrons. The van der Waals surface area contributed by atoms with Crippen molar-refractivity contribution in [2.75, 3.05) is 13.1 Å². The number of rotatable bonds is 1. The molecule has 3 rings (SSSR count). The van der Waals surface area contributed by atoms with E-state index in [1.54, 1.807) is 6.07 Å². The molecule has 0 bridgehead atoms. The van der Waals surface area contributed by atoms with E-state index in [2.05, 4.69) is 21.2 Å². The van der Waals surface area contributed by atoms with Crippen LogP contribution in [-0.2, 0) is 0 Å². The second kappa shape index (κ2) is 4.86. The zero-order chi connectivity index (χ0) is 12.5. The smallest absolute Gasteiger partial charge is 0.336 e. The standard InChI is InChI=1S/C14H14BrNO2/c15-10-1-2-11-12(9-3-5-16-6-4-9)8-14(17)18-13(11)7-10/h1-2,7-9,16H,3-6H2. The van der Waals surface area contributed by atoms with Crippen LogP contribution in [0.4, 0.5) is 0 Å². The van der Waals surface area contributed by atoms with Crippen LogP contribution in [-0.4, -0.2) is 13.1 Å². The Morgan fingerprint density at radius 2 is 2.00 bits per heavy atom. The van der Waals surface area contributed by atoms with Gasteiger partial charge in [0.25, 0.3) is 0 Å². The number of hydrogen-bond acceptors (Lipinski definition) is 3.